The Morgan fingerprint density at radius 2 is 1.93 bits per heavy atom. The lowest BCUT2D eigenvalue weighted by Gasteiger charge is -1.98. The van der Waals surface area contributed by atoms with Crippen LogP contribution >= 0.6 is 0 Å². The fourth-order valence-corrected chi connectivity index (χ4v) is 2.67. The second kappa shape index (κ2) is 4.82. The summed E-state index contributed by atoms with van der Waals surface area (Å²) in [6, 6.07) is 5.64. The van der Waals surface area contributed by atoms with E-state index in [4.69, 9.17) is 0 Å². The van der Waals surface area contributed by atoms with Crippen LogP contribution in [0.3, 0.4) is 0 Å². The molecule has 0 aliphatic carbocycles. The smallest absolute Gasteiger partial charge is 0.465 e. The molecule has 2 nitrogen and oxygen atoms in total. The van der Waals surface area contributed by atoms with Crippen molar-refractivity contribution < 1.29 is 43.9 Å². The van der Waals surface area contributed by atoms with Crippen LogP contribution in [0.2, 0.25) is 0 Å². The van der Waals surface area contributed by atoms with Gasteiger partial charge in [0.15, 0.2) is 0 Å². The van der Waals surface area contributed by atoms with E-state index in [0.717, 1.165) is 7.11 Å². The minimum atomic E-state index is -4.22. The molecule has 0 N–H and O–H groups in total. The summed E-state index contributed by atoms with van der Waals surface area (Å²) in [4.78, 5) is 11.1. The van der Waals surface area contributed by atoms with Gasteiger partial charge in [-0.1, -0.05) is 12.1 Å². The Labute approximate surface area is 94.7 Å². The molecule has 0 saturated heterocycles. The minimum absolute atomic E-state index is 0.00475. The van der Waals surface area contributed by atoms with Gasteiger partial charge in [-0.05, 0) is 12.1 Å². The van der Waals surface area contributed by atoms with E-state index >= 15 is 0 Å². The summed E-state index contributed by atoms with van der Waals surface area (Å²) < 4.78 is 36.8. The maximum Gasteiger partial charge on any atom is 0.609 e. The Bertz CT molecular complexity index is 363. The molecule has 82 valence electrons. The molecule has 0 bridgehead atoms. The van der Waals surface area contributed by atoms with Crippen LogP contribution in [0, 0.1) is 3.57 Å². The van der Waals surface area contributed by atoms with Crippen LogP contribution < -0.4 is 21.2 Å². The van der Waals surface area contributed by atoms with Crippen LogP contribution in [0.4, 0.5) is 13.2 Å². The van der Waals surface area contributed by atoms with Gasteiger partial charge in [-0.15, -0.1) is 13.2 Å². The summed E-state index contributed by atoms with van der Waals surface area (Å²) in [5, 5.41) is 0. The molecular weight excluding hydrogens is 324 g/mol. The molecule has 0 fully saturated rings. The molecule has 0 radical (unpaired) electrons. The van der Waals surface area contributed by atoms with Gasteiger partial charge in [0.25, 0.3) is 0 Å². The first-order valence-electron chi connectivity index (χ1n) is 3.84. The van der Waals surface area contributed by atoms with Crippen LogP contribution in [0.25, 0.3) is 0 Å². The first-order valence-corrected chi connectivity index (χ1v) is 6.00. The van der Waals surface area contributed by atoms with Gasteiger partial charge in [0, 0.05) is 0 Å². The average Bonchev–Trinajstić information content (AvgIpc) is 2.15. The van der Waals surface area contributed by atoms with Crippen LogP contribution in [0.5, 0.6) is 0 Å². The number of methoxy groups -OCH3 is 1. The summed E-state index contributed by atoms with van der Waals surface area (Å²) in [7, 11) is 1.14. The van der Waals surface area contributed by atoms with Gasteiger partial charge in [0.2, 0.25) is 3.57 Å². The van der Waals surface area contributed by atoms with Gasteiger partial charge in [-0.3, -0.25) is 0 Å². The molecule has 0 aromatic heterocycles. The zero-order valence-corrected chi connectivity index (χ0v) is 9.80. The predicted molar refractivity (Wildman–Crippen MR) is 42.5 cm³/mol. The maximum atomic E-state index is 12.2. The molecule has 0 saturated carbocycles. The predicted octanol–water partition coefficient (Wildman–Crippen LogP) is -0.748. The van der Waals surface area contributed by atoms with Gasteiger partial charge >= 0.3 is 31.4 Å². The zero-order chi connectivity index (χ0) is 11.5. The number of benzene rings is 1. The van der Waals surface area contributed by atoms with E-state index in [1.165, 1.54) is 24.3 Å². The van der Waals surface area contributed by atoms with Crippen molar-refractivity contribution in [1.82, 2.24) is 0 Å². The second-order valence-electron chi connectivity index (χ2n) is 2.49. The van der Waals surface area contributed by atoms with E-state index in [1.807, 2.05) is 0 Å². The number of carbonyl (C=O) groups is 1. The topological polar surface area (TPSA) is 26.3 Å². The highest BCUT2D eigenvalue weighted by molar-refractivity contribution is 5.88. The summed E-state index contributed by atoms with van der Waals surface area (Å²) in [5.74, 6) is -0.727. The Morgan fingerprint density at radius 3 is 2.47 bits per heavy atom. The number of halogens is 4. The molecule has 0 aliphatic heterocycles. The lowest BCUT2D eigenvalue weighted by molar-refractivity contribution is -0.793. The van der Waals surface area contributed by atoms with Gasteiger partial charge in [0.05, 0.1) is 7.11 Å². The van der Waals surface area contributed by atoms with Crippen molar-refractivity contribution in [3.8, 4) is 0 Å². The molecular formula is C9H7F3IO2+. The van der Waals surface area contributed by atoms with Crippen LogP contribution in [-0.2, 0) is 4.74 Å². The van der Waals surface area contributed by atoms with E-state index in [-0.39, 0.29) is 9.13 Å². The van der Waals surface area contributed by atoms with E-state index in [2.05, 4.69) is 4.74 Å². The summed E-state index contributed by atoms with van der Waals surface area (Å²) in [6.07, 6.45) is 0. The molecule has 0 atom stereocenters. The average molecular weight is 331 g/mol. The van der Waals surface area contributed by atoms with Crippen molar-refractivity contribution in [1.29, 1.82) is 0 Å². The first-order chi connectivity index (χ1) is 6.94. The molecule has 1 aromatic rings. The monoisotopic (exact) mass is 331 g/mol. The number of hydrogen-bond acceptors (Lipinski definition) is 2. The van der Waals surface area contributed by atoms with Gasteiger partial charge in [0.1, 0.15) is 5.56 Å². The highest BCUT2D eigenvalue weighted by Crippen LogP contribution is 2.03. The fraction of sp³-hybridized carbons (Fsp3) is 0.222. The van der Waals surface area contributed by atoms with Crippen LogP contribution in [-0.4, -0.2) is 17.3 Å². The number of hydrogen-bond donors (Lipinski definition) is 0. The van der Waals surface area contributed by atoms with Crippen LogP contribution in [0.1, 0.15) is 10.4 Å². The third-order valence-electron chi connectivity index (χ3n) is 1.49. The quantitative estimate of drug-likeness (QED) is 0.405. The first kappa shape index (κ1) is 12.3. The standard InChI is InChI=1S/C9H7F3IO2/c1-15-8(14)6-4-2-3-5-7(6)13-9(10,11)12/h2-5H,1H3/q+1. The van der Waals surface area contributed by atoms with E-state index in [0.29, 0.717) is 0 Å². The highest BCUT2D eigenvalue weighted by atomic mass is 127. The van der Waals surface area contributed by atoms with Crippen molar-refractivity contribution in [3.63, 3.8) is 0 Å². The number of rotatable bonds is 2. The molecule has 6 heteroatoms. The lowest BCUT2D eigenvalue weighted by Crippen LogP contribution is -3.67. The zero-order valence-electron chi connectivity index (χ0n) is 7.64. The Kier molecular flexibility index (Phi) is 3.95. The van der Waals surface area contributed by atoms with Crippen molar-refractivity contribution in [2.45, 2.75) is 4.18 Å². The highest BCUT2D eigenvalue weighted by Gasteiger charge is 2.49. The van der Waals surface area contributed by atoms with E-state index in [1.54, 1.807) is 0 Å². The molecule has 0 amide bonds. The number of carbonyl (C=O) groups excluding carboxylic acids is 1. The fourth-order valence-electron chi connectivity index (χ4n) is 0.935. The second-order valence-corrected chi connectivity index (χ2v) is 5.42. The van der Waals surface area contributed by atoms with Crippen molar-refractivity contribution in [2.24, 2.45) is 0 Å². The molecule has 0 aliphatic rings. The lowest BCUT2D eigenvalue weighted by atomic mass is 10.2. The minimum Gasteiger partial charge on any atom is -0.465 e. The summed E-state index contributed by atoms with van der Waals surface area (Å²) in [6.45, 7) is 0. The molecule has 1 aromatic carbocycles. The van der Waals surface area contributed by atoms with Gasteiger partial charge in [-0.25, -0.2) is 4.79 Å². The largest absolute Gasteiger partial charge is 0.609 e. The van der Waals surface area contributed by atoms with Crippen molar-refractivity contribution in [3.05, 3.63) is 33.4 Å². The van der Waals surface area contributed by atoms with Gasteiger partial charge in [-0.2, -0.15) is 0 Å². The van der Waals surface area contributed by atoms with Crippen LogP contribution in [0.15, 0.2) is 24.3 Å². The maximum absolute atomic E-state index is 12.2. The van der Waals surface area contributed by atoms with E-state index < -0.39 is 31.4 Å². The number of alkyl halides is 4. The van der Waals surface area contributed by atoms with Crippen molar-refractivity contribution in [2.75, 3.05) is 7.11 Å². The van der Waals surface area contributed by atoms with E-state index in [9.17, 15) is 18.0 Å². The molecule has 1 rings (SSSR count). The molecule has 15 heavy (non-hydrogen) atoms. The normalized spacial score (nSPS) is 11.2. The molecule has 0 spiro atoms. The third-order valence-corrected chi connectivity index (χ3v) is 3.62. The Balaban J connectivity index is 3.02. The molecule has 0 heterocycles. The third kappa shape index (κ3) is 3.69. The van der Waals surface area contributed by atoms with Gasteiger partial charge < -0.3 is 4.74 Å². The van der Waals surface area contributed by atoms with Crippen molar-refractivity contribution >= 4 is 5.97 Å². The molecule has 0 unspecified atom stereocenters. The summed E-state index contributed by atoms with van der Waals surface area (Å²) in [5.41, 5.74) is 0.00475. The summed E-state index contributed by atoms with van der Waals surface area (Å²) >= 11 is -2.18. The Morgan fingerprint density at radius 1 is 1.33 bits per heavy atom. The Hall–Kier alpha value is -0.790. The number of esters is 1. The SMILES string of the molecule is COC(=O)c1ccccc1[I+]C(F)(F)F. The number of ether oxygens (including phenoxy) is 1.